The molecule has 5 heteroatoms. The molecule has 3 nitrogen and oxygen atoms in total. The molecule has 0 bridgehead atoms. The topological polar surface area (TPSA) is 29.5 Å². The zero-order valence-electron chi connectivity index (χ0n) is 10.7. The molecule has 0 atom stereocenters. The highest BCUT2D eigenvalue weighted by Gasteiger charge is 2.12. The summed E-state index contributed by atoms with van der Waals surface area (Å²) in [6.07, 6.45) is 4.76. The Bertz CT molecular complexity index is 422. The Morgan fingerprint density at radius 1 is 1.16 bits per heavy atom. The molecule has 1 aromatic rings. The standard InChI is InChI=1S/C14H17Br2NO2/c15-12-8-11(10-18)9-13(16)14(12)19-7-6-17-4-2-1-3-5-17/h8-10H,1-7H2. The van der Waals surface area contributed by atoms with E-state index in [0.29, 0.717) is 12.2 Å². The van der Waals surface area contributed by atoms with Gasteiger partial charge in [0.05, 0.1) is 8.95 Å². The van der Waals surface area contributed by atoms with Crippen LogP contribution in [-0.4, -0.2) is 37.4 Å². The maximum absolute atomic E-state index is 10.8. The molecule has 0 spiro atoms. The van der Waals surface area contributed by atoms with E-state index in [9.17, 15) is 4.79 Å². The predicted octanol–water partition coefficient (Wildman–Crippen LogP) is 3.89. The van der Waals surface area contributed by atoms with Crippen molar-refractivity contribution in [1.82, 2.24) is 4.90 Å². The fourth-order valence-corrected chi connectivity index (χ4v) is 3.70. The smallest absolute Gasteiger partial charge is 0.150 e. The van der Waals surface area contributed by atoms with Crippen molar-refractivity contribution in [2.45, 2.75) is 19.3 Å². The third-order valence-electron chi connectivity index (χ3n) is 3.26. The number of piperidine rings is 1. The SMILES string of the molecule is O=Cc1cc(Br)c(OCCN2CCCCC2)c(Br)c1. The first-order valence-electron chi connectivity index (χ1n) is 6.50. The molecule has 0 aromatic heterocycles. The minimum atomic E-state index is 0.627. The summed E-state index contributed by atoms with van der Waals surface area (Å²) < 4.78 is 7.43. The normalized spacial score (nSPS) is 16.3. The highest BCUT2D eigenvalue weighted by molar-refractivity contribution is 9.11. The van der Waals surface area contributed by atoms with Crippen LogP contribution in [0.15, 0.2) is 21.1 Å². The molecule has 0 unspecified atom stereocenters. The average molecular weight is 391 g/mol. The number of benzene rings is 1. The minimum Gasteiger partial charge on any atom is -0.490 e. The summed E-state index contributed by atoms with van der Waals surface area (Å²) in [5.41, 5.74) is 0.627. The molecule has 104 valence electrons. The van der Waals surface area contributed by atoms with Gasteiger partial charge in [-0.05, 0) is 69.9 Å². The Morgan fingerprint density at radius 3 is 2.37 bits per heavy atom. The third-order valence-corrected chi connectivity index (χ3v) is 4.44. The lowest BCUT2D eigenvalue weighted by Gasteiger charge is -2.26. The van der Waals surface area contributed by atoms with E-state index >= 15 is 0 Å². The molecule has 19 heavy (non-hydrogen) atoms. The molecule has 0 amide bonds. The number of likely N-dealkylation sites (tertiary alicyclic amines) is 1. The van der Waals surface area contributed by atoms with Crippen LogP contribution < -0.4 is 4.74 Å². The maximum Gasteiger partial charge on any atom is 0.150 e. The van der Waals surface area contributed by atoms with Crippen LogP contribution in [0.4, 0.5) is 0 Å². The quantitative estimate of drug-likeness (QED) is 0.714. The van der Waals surface area contributed by atoms with E-state index < -0.39 is 0 Å². The van der Waals surface area contributed by atoms with Crippen molar-refractivity contribution in [1.29, 1.82) is 0 Å². The first-order chi connectivity index (χ1) is 9.20. The van der Waals surface area contributed by atoms with Gasteiger partial charge in [0, 0.05) is 12.1 Å². The molecule has 0 saturated carbocycles. The summed E-state index contributed by atoms with van der Waals surface area (Å²) in [4.78, 5) is 13.2. The summed E-state index contributed by atoms with van der Waals surface area (Å²) in [6.45, 7) is 3.97. The van der Waals surface area contributed by atoms with Crippen LogP contribution in [-0.2, 0) is 0 Å². The number of nitrogens with zero attached hydrogens (tertiary/aromatic N) is 1. The molecule has 1 aromatic carbocycles. The van der Waals surface area contributed by atoms with Gasteiger partial charge in [-0.25, -0.2) is 0 Å². The molecule has 1 saturated heterocycles. The summed E-state index contributed by atoms with van der Waals surface area (Å²) in [7, 11) is 0. The largest absolute Gasteiger partial charge is 0.490 e. The van der Waals surface area contributed by atoms with Gasteiger partial charge < -0.3 is 4.74 Å². The zero-order chi connectivity index (χ0) is 13.7. The molecule has 1 aliphatic rings. The maximum atomic E-state index is 10.8. The molecule has 1 heterocycles. The molecular weight excluding hydrogens is 374 g/mol. The van der Waals surface area contributed by atoms with Crippen molar-refractivity contribution in [3.8, 4) is 5.75 Å². The molecule has 1 fully saturated rings. The predicted molar refractivity (Wildman–Crippen MR) is 83.0 cm³/mol. The van der Waals surface area contributed by atoms with Gasteiger partial charge in [0.25, 0.3) is 0 Å². The van der Waals surface area contributed by atoms with Crippen molar-refractivity contribution in [3.63, 3.8) is 0 Å². The lowest BCUT2D eigenvalue weighted by molar-refractivity contribution is 0.112. The van der Waals surface area contributed by atoms with Gasteiger partial charge in [0.15, 0.2) is 0 Å². The first-order valence-corrected chi connectivity index (χ1v) is 8.08. The van der Waals surface area contributed by atoms with Crippen molar-refractivity contribution < 1.29 is 9.53 Å². The second kappa shape index (κ2) is 7.41. The Labute approximate surface area is 130 Å². The Kier molecular flexibility index (Phi) is 5.85. The van der Waals surface area contributed by atoms with E-state index in [0.717, 1.165) is 27.5 Å². The lowest BCUT2D eigenvalue weighted by Crippen LogP contribution is -2.33. The Hall–Kier alpha value is -0.390. The van der Waals surface area contributed by atoms with Gasteiger partial charge in [0.2, 0.25) is 0 Å². The summed E-state index contributed by atoms with van der Waals surface area (Å²) >= 11 is 6.87. The Balaban J connectivity index is 1.90. The number of aldehydes is 1. The van der Waals surface area contributed by atoms with Crippen LogP contribution in [0.25, 0.3) is 0 Å². The second-order valence-electron chi connectivity index (χ2n) is 4.68. The van der Waals surface area contributed by atoms with Crippen LogP contribution in [0.3, 0.4) is 0 Å². The number of ether oxygens (including phenoxy) is 1. The highest BCUT2D eigenvalue weighted by Crippen LogP contribution is 2.34. The monoisotopic (exact) mass is 389 g/mol. The first kappa shape index (κ1) is 15.0. The van der Waals surface area contributed by atoms with Gasteiger partial charge in [-0.2, -0.15) is 0 Å². The molecule has 0 N–H and O–H groups in total. The number of rotatable bonds is 5. The Morgan fingerprint density at radius 2 is 1.79 bits per heavy atom. The van der Waals surface area contributed by atoms with Crippen LogP contribution in [0.5, 0.6) is 5.75 Å². The summed E-state index contributed by atoms with van der Waals surface area (Å²) in [5, 5.41) is 0. The van der Waals surface area contributed by atoms with Crippen LogP contribution >= 0.6 is 31.9 Å². The number of hydrogen-bond donors (Lipinski definition) is 0. The molecular formula is C14H17Br2NO2. The van der Waals surface area contributed by atoms with Crippen molar-refractivity contribution in [2.75, 3.05) is 26.2 Å². The molecule has 0 aliphatic carbocycles. The van der Waals surface area contributed by atoms with Gasteiger partial charge in [-0.15, -0.1) is 0 Å². The van der Waals surface area contributed by atoms with E-state index in [-0.39, 0.29) is 0 Å². The van der Waals surface area contributed by atoms with E-state index in [1.54, 1.807) is 12.1 Å². The van der Waals surface area contributed by atoms with Gasteiger partial charge >= 0.3 is 0 Å². The van der Waals surface area contributed by atoms with Crippen molar-refractivity contribution >= 4 is 38.1 Å². The van der Waals surface area contributed by atoms with Gasteiger partial charge in [0.1, 0.15) is 18.6 Å². The average Bonchev–Trinajstić information content (AvgIpc) is 2.42. The van der Waals surface area contributed by atoms with Crippen LogP contribution in [0.2, 0.25) is 0 Å². The molecule has 1 aliphatic heterocycles. The van der Waals surface area contributed by atoms with Gasteiger partial charge in [-0.1, -0.05) is 6.42 Å². The fourth-order valence-electron chi connectivity index (χ4n) is 2.25. The number of halogens is 2. The highest BCUT2D eigenvalue weighted by atomic mass is 79.9. The van der Waals surface area contributed by atoms with E-state index in [2.05, 4.69) is 36.8 Å². The second-order valence-corrected chi connectivity index (χ2v) is 6.39. The number of carbonyl (C=O) groups is 1. The third kappa shape index (κ3) is 4.29. The van der Waals surface area contributed by atoms with Gasteiger partial charge in [-0.3, -0.25) is 9.69 Å². The number of carbonyl (C=O) groups excluding carboxylic acids is 1. The van der Waals surface area contributed by atoms with Crippen LogP contribution in [0, 0.1) is 0 Å². The molecule has 0 radical (unpaired) electrons. The lowest BCUT2D eigenvalue weighted by atomic mass is 10.1. The summed E-state index contributed by atoms with van der Waals surface area (Å²) in [6, 6.07) is 3.54. The zero-order valence-corrected chi connectivity index (χ0v) is 13.9. The van der Waals surface area contributed by atoms with Crippen molar-refractivity contribution in [3.05, 3.63) is 26.6 Å². The van der Waals surface area contributed by atoms with Crippen molar-refractivity contribution in [2.24, 2.45) is 0 Å². The minimum absolute atomic E-state index is 0.627. The van der Waals surface area contributed by atoms with E-state index in [1.165, 1.54) is 32.4 Å². The number of hydrogen-bond acceptors (Lipinski definition) is 3. The van der Waals surface area contributed by atoms with E-state index in [4.69, 9.17) is 4.74 Å². The fraction of sp³-hybridized carbons (Fsp3) is 0.500. The van der Waals surface area contributed by atoms with E-state index in [1.807, 2.05) is 0 Å². The molecule has 2 rings (SSSR count). The van der Waals surface area contributed by atoms with Crippen LogP contribution in [0.1, 0.15) is 29.6 Å². The summed E-state index contributed by atoms with van der Waals surface area (Å²) in [5.74, 6) is 0.766.